The highest BCUT2D eigenvalue weighted by molar-refractivity contribution is 5.95. The Bertz CT molecular complexity index is 610. The van der Waals surface area contributed by atoms with Gasteiger partial charge in [0.1, 0.15) is 17.9 Å². The van der Waals surface area contributed by atoms with E-state index in [-0.39, 0.29) is 11.9 Å². The van der Waals surface area contributed by atoms with E-state index in [1.54, 1.807) is 12.2 Å². The molecule has 1 fully saturated rings. The summed E-state index contributed by atoms with van der Waals surface area (Å²) in [5, 5.41) is 5.31. The van der Waals surface area contributed by atoms with Gasteiger partial charge in [-0.25, -0.2) is 0 Å². The summed E-state index contributed by atoms with van der Waals surface area (Å²) in [6.07, 6.45) is 4.80. The van der Waals surface area contributed by atoms with Crippen LogP contribution in [0.15, 0.2) is 35.8 Å². The molecule has 0 aromatic rings. The molecule has 132 valence electrons. The molecule has 4 nitrogen and oxygen atoms in total. The lowest BCUT2D eigenvalue weighted by atomic mass is 9.86. The van der Waals surface area contributed by atoms with Gasteiger partial charge in [0.05, 0.1) is 5.70 Å². The number of rotatable bonds is 3. The van der Waals surface area contributed by atoms with Crippen LogP contribution in [-0.4, -0.2) is 29.2 Å². The molecule has 3 rings (SSSR count). The number of fused-ring (bicyclic) bond motifs is 1. The van der Waals surface area contributed by atoms with Crippen molar-refractivity contribution < 1.29 is 18.0 Å². The Morgan fingerprint density at radius 1 is 1.29 bits per heavy atom. The van der Waals surface area contributed by atoms with Crippen LogP contribution in [0.1, 0.15) is 33.6 Å². The van der Waals surface area contributed by atoms with Gasteiger partial charge in [0, 0.05) is 6.20 Å². The first kappa shape index (κ1) is 16.9. The third-order valence-corrected chi connectivity index (χ3v) is 4.50. The maximum Gasteiger partial charge on any atom is 0.409 e. The first-order valence-corrected chi connectivity index (χ1v) is 8.10. The highest BCUT2D eigenvalue weighted by Gasteiger charge is 2.49. The van der Waals surface area contributed by atoms with E-state index in [1.807, 2.05) is 17.2 Å². The van der Waals surface area contributed by atoms with Crippen molar-refractivity contribution in [3.05, 3.63) is 35.8 Å². The fraction of sp³-hybridized carbons (Fsp3) is 0.588. The van der Waals surface area contributed by atoms with Crippen LogP contribution < -0.4 is 10.6 Å². The zero-order valence-electron chi connectivity index (χ0n) is 13.9. The van der Waals surface area contributed by atoms with E-state index in [9.17, 15) is 18.0 Å². The fourth-order valence-corrected chi connectivity index (χ4v) is 3.13. The van der Waals surface area contributed by atoms with Crippen molar-refractivity contribution in [2.75, 3.05) is 0 Å². The van der Waals surface area contributed by atoms with Gasteiger partial charge in [-0.2, -0.15) is 13.2 Å². The first-order valence-electron chi connectivity index (χ1n) is 8.10. The van der Waals surface area contributed by atoms with Gasteiger partial charge in [-0.05, 0) is 36.3 Å². The molecule has 0 radical (unpaired) electrons. The number of carbonyl (C=O) groups excluding carboxylic acids is 1. The van der Waals surface area contributed by atoms with Gasteiger partial charge in [0.15, 0.2) is 0 Å². The van der Waals surface area contributed by atoms with Crippen molar-refractivity contribution in [2.24, 2.45) is 11.3 Å². The van der Waals surface area contributed by atoms with Crippen LogP contribution in [0.2, 0.25) is 0 Å². The normalized spacial score (nSPS) is 24.8. The zero-order chi connectivity index (χ0) is 17.7. The maximum absolute atomic E-state index is 13.3. The van der Waals surface area contributed by atoms with E-state index in [0.29, 0.717) is 11.6 Å². The Kier molecular flexibility index (Phi) is 3.92. The van der Waals surface area contributed by atoms with E-state index in [4.69, 9.17) is 0 Å². The minimum atomic E-state index is -4.50. The molecule has 1 saturated carbocycles. The first-order chi connectivity index (χ1) is 11.1. The van der Waals surface area contributed by atoms with E-state index in [1.165, 1.54) is 20.8 Å². The van der Waals surface area contributed by atoms with Crippen molar-refractivity contribution >= 4 is 5.91 Å². The summed E-state index contributed by atoms with van der Waals surface area (Å²) in [6.45, 7) is 4.40. The van der Waals surface area contributed by atoms with Gasteiger partial charge in [-0.1, -0.05) is 26.8 Å². The predicted octanol–water partition coefficient (Wildman–Crippen LogP) is 3.02. The Balaban J connectivity index is 1.83. The molecule has 0 aromatic heterocycles. The molecule has 0 bridgehead atoms. The number of allylic oxidation sites excluding steroid dienone is 3. The van der Waals surface area contributed by atoms with Gasteiger partial charge in [0.2, 0.25) is 0 Å². The Labute approximate surface area is 139 Å². The Morgan fingerprint density at radius 2 is 1.96 bits per heavy atom. The number of amides is 1. The number of hydrogen-bond acceptors (Lipinski definition) is 3. The third kappa shape index (κ3) is 3.16. The number of hydrogen-bond donors (Lipinski definition) is 2. The van der Waals surface area contributed by atoms with E-state index in [0.717, 1.165) is 12.8 Å². The maximum atomic E-state index is 13.3. The standard InChI is InChI=1S/C17H22F3N3O/c1-16(2,3)15(17(18,19)20)22-14(24)12-11-6-4-5-9-23(11)13(21-12)10-7-8-10/h4-6,9-10,13,15,21H,7-8H2,1-3H3,(H,22,24)/t13?,15-/m1/s1. The van der Waals surface area contributed by atoms with Crippen molar-refractivity contribution in [3.63, 3.8) is 0 Å². The molecule has 3 aliphatic rings. The Morgan fingerprint density at radius 3 is 2.50 bits per heavy atom. The minimum absolute atomic E-state index is 0.0547. The van der Waals surface area contributed by atoms with Crippen LogP contribution in [0.3, 0.4) is 0 Å². The van der Waals surface area contributed by atoms with Gasteiger partial charge in [0.25, 0.3) is 5.91 Å². The summed E-state index contributed by atoms with van der Waals surface area (Å²) in [7, 11) is 0. The Hall–Kier alpha value is -1.92. The number of nitrogens with zero attached hydrogens (tertiary/aromatic N) is 1. The molecule has 0 saturated heterocycles. The second-order valence-corrected chi connectivity index (χ2v) is 7.61. The van der Waals surface area contributed by atoms with Crippen LogP contribution in [0, 0.1) is 11.3 Å². The van der Waals surface area contributed by atoms with E-state index < -0.39 is 23.5 Å². The molecule has 7 heteroatoms. The molecule has 1 aliphatic carbocycles. The topological polar surface area (TPSA) is 44.4 Å². The SMILES string of the molecule is CC(C)(C)[C@@H](NC(=O)C1=C2C=CC=CN2C(C2CC2)N1)C(F)(F)F. The summed E-state index contributed by atoms with van der Waals surface area (Å²) in [5.41, 5.74) is -0.289. The van der Waals surface area contributed by atoms with Crippen molar-refractivity contribution in [1.29, 1.82) is 0 Å². The fourth-order valence-electron chi connectivity index (χ4n) is 3.13. The predicted molar refractivity (Wildman–Crippen MR) is 84.2 cm³/mol. The lowest BCUT2D eigenvalue weighted by Gasteiger charge is -2.33. The number of alkyl halides is 3. The molecule has 2 N–H and O–H groups in total. The third-order valence-electron chi connectivity index (χ3n) is 4.50. The van der Waals surface area contributed by atoms with Crippen LogP contribution in [0.25, 0.3) is 0 Å². The van der Waals surface area contributed by atoms with Gasteiger partial charge in [-0.3, -0.25) is 4.79 Å². The monoisotopic (exact) mass is 341 g/mol. The smallest absolute Gasteiger partial charge is 0.358 e. The average molecular weight is 341 g/mol. The molecule has 2 aliphatic heterocycles. The largest absolute Gasteiger partial charge is 0.409 e. The van der Waals surface area contributed by atoms with Crippen LogP contribution in [0.4, 0.5) is 13.2 Å². The quantitative estimate of drug-likeness (QED) is 0.829. The summed E-state index contributed by atoms with van der Waals surface area (Å²) in [6, 6.07) is -1.91. The molecular weight excluding hydrogens is 319 g/mol. The molecular formula is C17H22F3N3O. The van der Waals surface area contributed by atoms with E-state index in [2.05, 4.69) is 10.6 Å². The molecule has 0 aromatic carbocycles. The lowest BCUT2D eigenvalue weighted by Crippen LogP contribution is -2.54. The molecule has 0 spiro atoms. The van der Waals surface area contributed by atoms with Gasteiger partial charge >= 0.3 is 6.18 Å². The zero-order valence-corrected chi connectivity index (χ0v) is 13.9. The van der Waals surface area contributed by atoms with Crippen molar-refractivity contribution in [2.45, 2.75) is 52.0 Å². The number of nitrogens with one attached hydrogen (secondary N) is 2. The van der Waals surface area contributed by atoms with Crippen molar-refractivity contribution in [3.8, 4) is 0 Å². The van der Waals surface area contributed by atoms with Crippen LogP contribution >= 0.6 is 0 Å². The second kappa shape index (κ2) is 5.57. The molecule has 2 heterocycles. The summed E-state index contributed by atoms with van der Waals surface area (Å²) in [5.74, 6) is -0.294. The summed E-state index contributed by atoms with van der Waals surface area (Å²) < 4.78 is 40.0. The molecule has 24 heavy (non-hydrogen) atoms. The highest BCUT2D eigenvalue weighted by atomic mass is 19.4. The average Bonchev–Trinajstić information content (AvgIpc) is 3.23. The lowest BCUT2D eigenvalue weighted by molar-refractivity contribution is -0.180. The summed E-state index contributed by atoms with van der Waals surface area (Å²) >= 11 is 0. The van der Waals surface area contributed by atoms with Gasteiger partial charge in [-0.15, -0.1) is 0 Å². The number of halogens is 3. The van der Waals surface area contributed by atoms with Crippen LogP contribution in [0.5, 0.6) is 0 Å². The van der Waals surface area contributed by atoms with Crippen LogP contribution in [-0.2, 0) is 4.79 Å². The molecule has 2 atom stereocenters. The molecule has 1 unspecified atom stereocenters. The molecule has 1 amide bonds. The number of carbonyl (C=O) groups is 1. The van der Waals surface area contributed by atoms with E-state index >= 15 is 0 Å². The van der Waals surface area contributed by atoms with Crippen molar-refractivity contribution in [1.82, 2.24) is 15.5 Å². The minimum Gasteiger partial charge on any atom is -0.358 e. The summed E-state index contributed by atoms with van der Waals surface area (Å²) in [4.78, 5) is 14.5. The highest BCUT2D eigenvalue weighted by Crippen LogP contribution is 2.40. The van der Waals surface area contributed by atoms with Gasteiger partial charge < -0.3 is 15.5 Å². The second-order valence-electron chi connectivity index (χ2n) is 7.61.